The van der Waals surface area contributed by atoms with Crippen molar-refractivity contribution in [2.75, 3.05) is 26.8 Å². The minimum atomic E-state index is 0.121. The number of ether oxygens (including phenoxy) is 1. The van der Waals surface area contributed by atoms with E-state index in [0.717, 1.165) is 13.2 Å². The maximum absolute atomic E-state index is 5.50. The molecule has 1 aliphatic carbocycles. The Morgan fingerprint density at radius 2 is 1.90 bits per heavy atom. The van der Waals surface area contributed by atoms with Crippen molar-refractivity contribution >= 4 is 0 Å². The van der Waals surface area contributed by atoms with Crippen molar-refractivity contribution in [3.8, 4) is 0 Å². The van der Waals surface area contributed by atoms with Crippen LogP contribution in [0.15, 0.2) is 0 Å². The molecule has 2 fully saturated rings. The number of methoxy groups -OCH3 is 1. The molecule has 1 heterocycles. The Bertz CT molecular complexity index is 308. The normalized spacial score (nSPS) is 28.2. The van der Waals surface area contributed by atoms with Gasteiger partial charge in [0, 0.05) is 37.3 Å². The van der Waals surface area contributed by atoms with Crippen molar-refractivity contribution in [1.82, 2.24) is 10.2 Å². The molecular weight excluding hydrogens is 248 g/mol. The van der Waals surface area contributed by atoms with Gasteiger partial charge in [-0.3, -0.25) is 4.90 Å². The summed E-state index contributed by atoms with van der Waals surface area (Å²) in [6.45, 7) is 12.5. The van der Waals surface area contributed by atoms with E-state index >= 15 is 0 Å². The summed E-state index contributed by atoms with van der Waals surface area (Å²) >= 11 is 0. The highest BCUT2D eigenvalue weighted by Crippen LogP contribution is 2.36. The van der Waals surface area contributed by atoms with Gasteiger partial charge >= 0.3 is 0 Å². The topological polar surface area (TPSA) is 24.5 Å². The molecular formula is C17H34N2O. The first-order chi connectivity index (χ1) is 9.40. The summed E-state index contributed by atoms with van der Waals surface area (Å²) in [5, 5.41) is 3.93. The lowest BCUT2D eigenvalue weighted by atomic mass is 9.77. The number of rotatable bonds is 4. The Morgan fingerprint density at radius 1 is 1.25 bits per heavy atom. The van der Waals surface area contributed by atoms with Crippen LogP contribution in [-0.2, 0) is 4.74 Å². The zero-order chi connectivity index (χ0) is 14.8. The van der Waals surface area contributed by atoms with Gasteiger partial charge in [0.05, 0.1) is 6.61 Å². The zero-order valence-electron chi connectivity index (χ0n) is 14.2. The van der Waals surface area contributed by atoms with Crippen LogP contribution in [0.4, 0.5) is 0 Å². The van der Waals surface area contributed by atoms with Gasteiger partial charge in [-0.15, -0.1) is 0 Å². The molecule has 2 rings (SSSR count). The number of hydrogen-bond donors (Lipinski definition) is 1. The van der Waals surface area contributed by atoms with E-state index in [4.69, 9.17) is 4.74 Å². The first kappa shape index (κ1) is 16.3. The molecule has 1 N–H and O–H groups in total. The smallest absolute Gasteiger partial charge is 0.0641 e. The highest BCUT2D eigenvalue weighted by molar-refractivity contribution is 5.04. The van der Waals surface area contributed by atoms with Gasteiger partial charge in [-0.2, -0.15) is 0 Å². The molecule has 1 atom stereocenters. The lowest BCUT2D eigenvalue weighted by Gasteiger charge is -2.55. The summed E-state index contributed by atoms with van der Waals surface area (Å²) < 4.78 is 5.50. The van der Waals surface area contributed by atoms with E-state index in [-0.39, 0.29) is 5.54 Å². The molecule has 0 amide bonds. The van der Waals surface area contributed by atoms with Crippen LogP contribution in [0.3, 0.4) is 0 Å². The summed E-state index contributed by atoms with van der Waals surface area (Å²) in [6, 6.07) is 0.618. The van der Waals surface area contributed by atoms with Gasteiger partial charge in [-0.25, -0.2) is 0 Å². The Hall–Kier alpha value is -0.120. The van der Waals surface area contributed by atoms with Crippen molar-refractivity contribution < 1.29 is 4.74 Å². The third-order valence-electron chi connectivity index (χ3n) is 5.41. The Labute approximate surface area is 125 Å². The number of nitrogens with zero attached hydrogens (tertiary/aromatic N) is 1. The van der Waals surface area contributed by atoms with Crippen molar-refractivity contribution in [2.24, 2.45) is 5.92 Å². The van der Waals surface area contributed by atoms with Crippen molar-refractivity contribution in [3.05, 3.63) is 0 Å². The van der Waals surface area contributed by atoms with Gasteiger partial charge in [0.1, 0.15) is 0 Å². The van der Waals surface area contributed by atoms with E-state index in [1.165, 1.54) is 38.6 Å². The summed E-state index contributed by atoms with van der Waals surface area (Å²) in [6.07, 6.45) is 6.88. The van der Waals surface area contributed by atoms with Crippen molar-refractivity contribution in [3.63, 3.8) is 0 Å². The molecule has 1 saturated carbocycles. The number of hydrogen-bond acceptors (Lipinski definition) is 3. The monoisotopic (exact) mass is 282 g/mol. The first-order valence-electron chi connectivity index (χ1n) is 8.41. The largest absolute Gasteiger partial charge is 0.383 e. The maximum atomic E-state index is 5.50. The quantitative estimate of drug-likeness (QED) is 0.858. The molecule has 1 saturated heterocycles. The average molecular weight is 282 g/mol. The van der Waals surface area contributed by atoms with Gasteiger partial charge in [-0.05, 0) is 32.6 Å². The third-order valence-corrected chi connectivity index (χ3v) is 5.41. The van der Waals surface area contributed by atoms with Crippen LogP contribution in [0.1, 0.15) is 59.8 Å². The standard InChI is InChI=1S/C17H34N2O/c1-14(2)15-11-18-17(9-7-6-8-10-17)12-19(15)16(3,4)13-20-5/h14-15,18H,6-13H2,1-5H3. The van der Waals surface area contributed by atoms with Gasteiger partial charge in [0.2, 0.25) is 0 Å². The maximum Gasteiger partial charge on any atom is 0.0641 e. The molecule has 0 aromatic rings. The first-order valence-corrected chi connectivity index (χ1v) is 8.41. The van der Waals surface area contributed by atoms with Crippen LogP contribution in [0.5, 0.6) is 0 Å². The lowest BCUT2D eigenvalue weighted by Crippen LogP contribution is -2.70. The minimum absolute atomic E-state index is 0.121. The van der Waals surface area contributed by atoms with Crippen LogP contribution in [0.25, 0.3) is 0 Å². The summed E-state index contributed by atoms with van der Waals surface area (Å²) in [7, 11) is 1.82. The number of piperazine rings is 1. The second-order valence-corrected chi connectivity index (χ2v) is 7.91. The molecule has 20 heavy (non-hydrogen) atoms. The van der Waals surface area contributed by atoms with Crippen LogP contribution in [0.2, 0.25) is 0 Å². The van der Waals surface area contributed by atoms with E-state index in [1.807, 2.05) is 7.11 Å². The molecule has 0 aromatic carbocycles. The van der Waals surface area contributed by atoms with Crippen molar-refractivity contribution in [1.29, 1.82) is 0 Å². The summed E-state index contributed by atoms with van der Waals surface area (Å²) in [4.78, 5) is 2.74. The number of nitrogens with one attached hydrogen (secondary N) is 1. The van der Waals surface area contributed by atoms with Gasteiger partial charge in [0.25, 0.3) is 0 Å². The highest BCUT2D eigenvalue weighted by Gasteiger charge is 2.45. The Balaban J connectivity index is 2.17. The van der Waals surface area contributed by atoms with Crippen molar-refractivity contribution in [2.45, 2.75) is 76.9 Å². The molecule has 0 aromatic heterocycles. The molecule has 1 unspecified atom stereocenters. The molecule has 3 nitrogen and oxygen atoms in total. The summed E-state index contributed by atoms with van der Waals surface area (Å²) in [5.74, 6) is 0.680. The van der Waals surface area contributed by atoms with E-state index in [2.05, 4.69) is 37.9 Å². The molecule has 0 radical (unpaired) electrons. The molecule has 118 valence electrons. The summed E-state index contributed by atoms with van der Waals surface area (Å²) in [5.41, 5.74) is 0.491. The second kappa shape index (κ2) is 6.33. The van der Waals surface area contributed by atoms with Crippen LogP contribution in [0, 0.1) is 5.92 Å². The van der Waals surface area contributed by atoms with Crippen LogP contribution >= 0.6 is 0 Å². The van der Waals surface area contributed by atoms with Gasteiger partial charge < -0.3 is 10.1 Å². The van der Waals surface area contributed by atoms with E-state index in [1.54, 1.807) is 0 Å². The van der Waals surface area contributed by atoms with Gasteiger partial charge in [-0.1, -0.05) is 33.1 Å². The Kier molecular flexibility index (Phi) is 5.14. The fraction of sp³-hybridized carbons (Fsp3) is 1.00. The predicted molar refractivity (Wildman–Crippen MR) is 85.1 cm³/mol. The molecule has 0 bridgehead atoms. The molecule has 2 aliphatic rings. The van der Waals surface area contributed by atoms with Gasteiger partial charge in [0.15, 0.2) is 0 Å². The Morgan fingerprint density at radius 3 is 2.45 bits per heavy atom. The molecule has 3 heteroatoms. The fourth-order valence-electron chi connectivity index (χ4n) is 4.19. The third kappa shape index (κ3) is 3.37. The minimum Gasteiger partial charge on any atom is -0.383 e. The molecule has 1 spiro atoms. The fourth-order valence-corrected chi connectivity index (χ4v) is 4.19. The predicted octanol–water partition coefficient (Wildman–Crippen LogP) is 3.04. The highest BCUT2D eigenvalue weighted by atomic mass is 16.5. The SMILES string of the molecule is COCC(C)(C)N1CC2(CCCCC2)NCC1C(C)C. The second-order valence-electron chi connectivity index (χ2n) is 7.91. The van der Waals surface area contributed by atoms with E-state index in [9.17, 15) is 0 Å². The lowest BCUT2D eigenvalue weighted by molar-refractivity contribution is -0.0564. The van der Waals surface area contributed by atoms with Crippen LogP contribution in [-0.4, -0.2) is 48.8 Å². The van der Waals surface area contributed by atoms with E-state index < -0.39 is 0 Å². The van der Waals surface area contributed by atoms with Crippen LogP contribution < -0.4 is 5.32 Å². The molecule has 1 aliphatic heterocycles. The van der Waals surface area contributed by atoms with E-state index in [0.29, 0.717) is 17.5 Å². The zero-order valence-corrected chi connectivity index (χ0v) is 14.2. The average Bonchev–Trinajstić information content (AvgIpc) is 2.39.